The average molecular weight is 350 g/mol. The van der Waals surface area contributed by atoms with Gasteiger partial charge in [-0.1, -0.05) is 42.0 Å². The van der Waals surface area contributed by atoms with E-state index in [4.69, 9.17) is 5.73 Å². The van der Waals surface area contributed by atoms with Crippen molar-refractivity contribution in [2.24, 2.45) is 10.7 Å². The topological polar surface area (TPSA) is 70.7 Å². The first-order valence-electron chi connectivity index (χ1n) is 9.10. The second-order valence-corrected chi connectivity index (χ2v) is 6.70. The fourth-order valence-corrected chi connectivity index (χ4v) is 3.12. The lowest BCUT2D eigenvalue weighted by Crippen LogP contribution is -2.35. The number of hydrogen-bond donors (Lipinski definition) is 2. The van der Waals surface area contributed by atoms with Crippen molar-refractivity contribution in [3.63, 3.8) is 0 Å². The third kappa shape index (κ3) is 4.85. The summed E-state index contributed by atoms with van der Waals surface area (Å²) in [5.41, 5.74) is 10.6. The van der Waals surface area contributed by atoms with Crippen molar-refractivity contribution in [1.29, 1.82) is 0 Å². The van der Waals surface area contributed by atoms with Gasteiger partial charge in [0.1, 0.15) is 0 Å². The number of aliphatic imine (C=N–C) groups is 1. The predicted molar refractivity (Wildman–Crippen MR) is 106 cm³/mol. The second-order valence-electron chi connectivity index (χ2n) is 6.70. The number of hydrogen-bond acceptors (Lipinski definition) is 2. The lowest BCUT2D eigenvalue weighted by Gasteiger charge is -2.28. The maximum Gasteiger partial charge on any atom is 0.222 e. The first kappa shape index (κ1) is 18.0. The Bertz CT molecular complexity index is 783. The van der Waals surface area contributed by atoms with Crippen LogP contribution in [0.3, 0.4) is 0 Å². The molecule has 0 unspecified atom stereocenters. The number of carbonyl (C=O) groups is 1. The van der Waals surface area contributed by atoms with Gasteiger partial charge in [0.15, 0.2) is 5.96 Å². The van der Waals surface area contributed by atoms with Crippen molar-refractivity contribution < 1.29 is 4.79 Å². The molecule has 0 aromatic heterocycles. The van der Waals surface area contributed by atoms with Gasteiger partial charge in [0.2, 0.25) is 5.91 Å². The Hall–Kier alpha value is -2.82. The number of nitrogens with two attached hydrogens (primary N) is 1. The van der Waals surface area contributed by atoms with Crippen LogP contribution in [-0.4, -0.2) is 29.9 Å². The molecule has 0 radical (unpaired) electrons. The van der Waals surface area contributed by atoms with Gasteiger partial charge in [-0.3, -0.25) is 9.79 Å². The molecule has 0 saturated carbocycles. The van der Waals surface area contributed by atoms with Crippen molar-refractivity contribution in [1.82, 2.24) is 4.90 Å². The largest absolute Gasteiger partial charge is 0.370 e. The number of carbonyl (C=O) groups excluding carboxylic acids is 1. The van der Waals surface area contributed by atoms with E-state index in [1.165, 1.54) is 16.7 Å². The number of amides is 1. The van der Waals surface area contributed by atoms with E-state index in [1.807, 2.05) is 42.2 Å². The number of anilines is 1. The minimum atomic E-state index is 0.194. The lowest BCUT2D eigenvalue weighted by atomic mass is 9.99. The van der Waals surface area contributed by atoms with E-state index >= 15 is 0 Å². The number of aryl methyl sites for hydroxylation is 1. The van der Waals surface area contributed by atoms with Crippen molar-refractivity contribution in [3.8, 4) is 0 Å². The Balaban J connectivity index is 1.42. The predicted octanol–water partition coefficient (Wildman–Crippen LogP) is 3.09. The van der Waals surface area contributed by atoms with E-state index in [2.05, 4.69) is 28.5 Å². The molecule has 0 saturated heterocycles. The minimum absolute atomic E-state index is 0.194. The molecule has 136 valence electrons. The maximum absolute atomic E-state index is 12.4. The summed E-state index contributed by atoms with van der Waals surface area (Å²) in [6.07, 6.45) is 2.14. The molecule has 2 aromatic carbocycles. The zero-order valence-corrected chi connectivity index (χ0v) is 15.2. The average Bonchev–Trinajstić information content (AvgIpc) is 2.66. The molecule has 1 amide bonds. The summed E-state index contributed by atoms with van der Waals surface area (Å²) in [5, 5.41) is 3.06. The summed E-state index contributed by atoms with van der Waals surface area (Å²) < 4.78 is 0. The molecule has 26 heavy (non-hydrogen) atoms. The highest BCUT2D eigenvalue weighted by Crippen LogP contribution is 2.19. The monoisotopic (exact) mass is 350 g/mol. The van der Waals surface area contributed by atoms with Gasteiger partial charge in [-0.2, -0.15) is 0 Å². The summed E-state index contributed by atoms with van der Waals surface area (Å²) in [6.45, 7) is 4.10. The van der Waals surface area contributed by atoms with Crippen LogP contribution in [0.2, 0.25) is 0 Å². The second kappa shape index (κ2) is 8.52. The summed E-state index contributed by atoms with van der Waals surface area (Å²) in [5.74, 6) is 0.577. The van der Waals surface area contributed by atoms with Crippen LogP contribution in [0.1, 0.15) is 29.5 Å². The van der Waals surface area contributed by atoms with Gasteiger partial charge in [0.25, 0.3) is 0 Å². The van der Waals surface area contributed by atoms with Gasteiger partial charge < -0.3 is 16.0 Å². The SMILES string of the molecule is Cc1ccc(NC(N)=NCCCC(=O)N2CCc3ccccc3C2)cc1. The molecule has 1 aliphatic rings. The Kier molecular flexibility index (Phi) is 5.89. The smallest absolute Gasteiger partial charge is 0.222 e. The van der Waals surface area contributed by atoms with E-state index < -0.39 is 0 Å². The molecule has 1 heterocycles. The Labute approximate surface area is 154 Å². The molecule has 0 spiro atoms. The summed E-state index contributed by atoms with van der Waals surface area (Å²) in [4.78, 5) is 18.7. The fourth-order valence-electron chi connectivity index (χ4n) is 3.12. The molecule has 0 atom stereocenters. The van der Waals surface area contributed by atoms with Crippen LogP contribution >= 0.6 is 0 Å². The van der Waals surface area contributed by atoms with Gasteiger partial charge in [0.05, 0.1) is 0 Å². The number of benzene rings is 2. The number of nitrogens with zero attached hydrogens (tertiary/aromatic N) is 2. The molecule has 5 nitrogen and oxygen atoms in total. The van der Waals surface area contributed by atoms with E-state index in [1.54, 1.807) is 0 Å². The van der Waals surface area contributed by atoms with Crippen LogP contribution in [0.15, 0.2) is 53.5 Å². The van der Waals surface area contributed by atoms with E-state index in [-0.39, 0.29) is 5.91 Å². The van der Waals surface area contributed by atoms with Gasteiger partial charge in [-0.15, -0.1) is 0 Å². The van der Waals surface area contributed by atoms with Crippen LogP contribution in [0.25, 0.3) is 0 Å². The number of guanidine groups is 1. The highest BCUT2D eigenvalue weighted by molar-refractivity contribution is 5.92. The molecule has 1 aliphatic heterocycles. The van der Waals surface area contributed by atoms with Crippen molar-refractivity contribution in [2.45, 2.75) is 32.7 Å². The zero-order chi connectivity index (χ0) is 18.4. The Morgan fingerprint density at radius 3 is 2.65 bits per heavy atom. The van der Waals surface area contributed by atoms with Crippen LogP contribution in [-0.2, 0) is 17.8 Å². The van der Waals surface area contributed by atoms with Crippen LogP contribution < -0.4 is 11.1 Å². The van der Waals surface area contributed by atoms with Crippen LogP contribution in [0.5, 0.6) is 0 Å². The number of fused-ring (bicyclic) bond motifs is 1. The lowest BCUT2D eigenvalue weighted by molar-refractivity contribution is -0.132. The molecule has 3 N–H and O–H groups in total. The molecular weight excluding hydrogens is 324 g/mol. The third-order valence-electron chi connectivity index (χ3n) is 4.64. The number of nitrogens with one attached hydrogen (secondary N) is 1. The molecule has 0 fully saturated rings. The summed E-state index contributed by atoms with van der Waals surface area (Å²) in [7, 11) is 0. The standard InChI is InChI=1S/C21H26N4O/c1-16-8-10-19(11-9-16)24-21(22)23-13-4-7-20(26)25-14-12-17-5-2-3-6-18(17)15-25/h2-3,5-6,8-11H,4,7,12-15H2,1H3,(H3,22,23,24). The highest BCUT2D eigenvalue weighted by Gasteiger charge is 2.19. The quantitative estimate of drug-likeness (QED) is 0.494. The minimum Gasteiger partial charge on any atom is -0.370 e. The first-order chi connectivity index (χ1) is 12.6. The molecule has 3 rings (SSSR count). The molecular formula is C21H26N4O. The number of rotatable bonds is 5. The highest BCUT2D eigenvalue weighted by atomic mass is 16.2. The zero-order valence-electron chi connectivity index (χ0n) is 15.2. The van der Waals surface area contributed by atoms with Crippen LogP contribution in [0.4, 0.5) is 5.69 Å². The van der Waals surface area contributed by atoms with Gasteiger partial charge in [-0.05, 0) is 43.0 Å². The molecule has 5 heteroatoms. The normalized spacial score (nSPS) is 14.0. The Morgan fingerprint density at radius 2 is 1.88 bits per heavy atom. The summed E-state index contributed by atoms with van der Waals surface area (Å²) in [6, 6.07) is 16.3. The third-order valence-corrected chi connectivity index (χ3v) is 4.64. The van der Waals surface area contributed by atoms with Crippen molar-refractivity contribution >= 4 is 17.6 Å². The van der Waals surface area contributed by atoms with Crippen molar-refractivity contribution in [2.75, 3.05) is 18.4 Å². The molecule has 0 aliphatic carbocycles. The molecule has 2 aromatic rings. The van der Waals surface area contributed by atoms with Gasteiger partial charge >= 0.3 is 0 Å². The van der Waals surface area contributed by atoms with Gasteiger partial charge in [0, 0.05) is 31.7 Å². The Morgan fingerprint density at radius 1 is 1.15 bits per heavy atom. The van der Waals surface area contributed by atoms with Gasteiger partial charge in [-0.25, -0.2) is 0 Å². The van der Waals surface area contributed by atoms with E-state index in [9.17, 15) is 4.79 Å². The van der Waals surface area contributed by atoms with Crippen molar-refractivity contribution in [3.05, 3.63) is 65.2 Å². The summed E-state index contributed by atoms with van der Waals surface area (Å²) >= 11 is 0. The fraction of sp³-hybridized carbons (Fsp3) is 0.333. The maximum atomic E-state index is 12.4. The van der Waals surface area contributed by atoms with E-state index in [0.717, 1.165) is 25.2 Å². The van der Waals surface area contributed by atoms with E-state index in [0.29, 0.717) is 25.3 Å². The first-order valence-corrected chi connectivity index (χ1v) is 9.10. The van der Waals surface area contributed by atoms with Crippen LogP contribution in [0, 0.1) is 6.92 Å². The molecule has 0 bridgehead atoms.